The maximum absolute atomic E-state index is 5.87. The Labute approximate surface area is 118 Å². The summed E-state index contributed by atoms with van der Waals surface area (Å²) < 4.78 is 3.21. The second-order valence-electron chi connectivity index (χ2n) is 3.77. The van der Waals surface area contributed by atoms with Gasteiger partial charge in [0.1, 0.15) is 0 Å². The van der Waals surface area contributed by atoms with Crippen LogP contribution < -0.4 is 5.32 Å². The summed E-state index contributed by atoms with van der Waals surface area (Å²) in [5, 5.41) is 14.8. The first-order chi connectivity index (χ1) is 9.81. The van der Waals surface area contributed by atoms with Crippen LogP contribution in [0.4, 0.5) is 5.95 Å². The van der Waals surface area contributed by atoms with E-state index in [1.165, 1.54) is 4.68 Å². The molecule has 3 rings (SSSR count). The Bertz CT molecular complexity index is 664. The first-order valence-corrected chi connectivity index (χ1v) is 6.18. The summed E-state index contributed by atoms with van der Waals surface area (Å²) >= 11 is 5.87. The smallest absolute Gasteiger partial charge is 0.256 e. The van der Waals surface area contributed by atoms with Gasteiger partial charge in [0.2, 0.25) is 11.2 Å². The molecule has 3 aromatic heterocycles. The Morgan fingerprint density at radius 1 is 1.15 bits per heavy atom. The molecule has 0 radical (unpaired) electrons. The molecule has 1 N–H and O–H groups in total. The van der Waals surface area contributed by atoms with E-state index >= 15 is 0 Å². The van der Waals surface area contributed by atoms with E-state index in [0.29, 0.717) is 25.0 Å². The number of halogens is 1. The van der Waals surface area contributed by atoms with E-state index in [0.717, 1.165) is 0 Å². The monoisotopic (exact) mass is 291 g/mol. The molecule has 9 nitrogen and oxygen atoms in total. The van der Waals surface area contributed by atoms with Gasteiger partial charge in [-0.2, -0.15) is 20.1 Å². The van der Waals surface area contributed by atoms with Gasteiger partial charge in [0.15, 0.2) is 0 Å². The lowest BCUT2D eigenvalue weighted by Gasteiger charge is -2.06. The first-order valence-electron chi connectivity index (χ1n) is 5.81. The van der Waals surface area contributed by atoms with Crippen molar-refractivity contribution in [3.63, 3.8) is 0 Å². The average molecular weight is 292 g/mol. The fourth-order valence-electron chi connectivity index (χ4n) is 1.54. The molecule has 0 aromatic carbocycles. The Morgan fingerprint density at radius 2 is 2.10 bits per heavy atom. The number of nitrogens with one attached hydrogen (secondary N) is 1. The molecule has 3 heterocycles. The summed E-state index contributed by atoms with van der Waals surface area (Å²) in [5.74, 6) is 0.744. The Balaban J connectivity index is 1.70. The lowest BCUT2D eigenvalue weighted by Crippen LogP contribution is -2.14. The second-order valence-corrected chi connectivity index (χ2v) is 4.11. The van der Waals surface area contributed by atoms with Crippen molar-refractivity contribution in [3.05, 3.63) is 36.1 Å². The van der Waals surface area contributed by atoms with Crippen LogP contribution in [0.5, 0.6) is 0 Å². The molecule has 0 saturated carbocycles. The van der Waals surface area contributed by atoms with Crippen LogP contribution in [0.15, 0.2) is 30.9 Å². The predicted octanol–water partition coefficient (Wildman–Crippen LogP) is 0.414. The Hall–Kier alpha value is -2.55. The largest absolute Gasteiger partial charge is 0.352 e. The fraction of sp³-hybridized carbons (Fsp3) is 0.200. The highest BCUT2D eigenvalue weighted by Gasteiger charge is 2.06. The zero-order valence-electron chi connectivity index (χ0n) is 10.3. The van der Waals surface area contributed by atoms with Gasteiger partial charge in [-0.05, 0) is 17.7 Å². The maximum Gasteiger partial charge on any atom is 0.256 e. The van der Waals surface area contributed by atoms with Gasteiger partial charge in [0.25, 0.3) is 5.95 Å². The lowest BCUT2D eigenvalue weighted by atomic mass is 10.6. The normalized spacial score (nSPS) is 10.7. The molecule has 0 unspecified atom stereocenters. The SMILES string of the molecule is Clc1nc(NCCn2ccnn2)nc(-n2cccn2)n1. The topological polar surface area (TPSA) is 99.2 Å². The standard InChI is InChI=1S/C10H10ClN9/c11-8-15-9(12-3-6-19-7-4-13-18-19)17-10(16-8)20-5-1-2-14-20/h1-2,4-5,7H,3,6H2,(H,12,15,16,17). The fourth-order valence-corrected chi connectivity index (χ4v) is 1.70. The lowest BCUT2D eigenvalue weighted by molar-refractivity contribution is 0.607. The minimum atomic E-state index is 0.105. The molecule has 0 aliphatic rings. The molecule has 3 aromatic rings. The zero-order valence-corrected chi connectivity index (χ0v) is 11.0. The highest BCUT2D eigenvalue weighted by atomic mass is 35.5. The molecule has 0 fully saturated rings. The minimum absolute atomic E-state index is 0.105. The van der Waals surface area contributed by atoms with Crippen molar-refractivity contribution in [1.29, 1.82) is 0 Å². The minimum Gasteiger partial charge on any atom is -0.352 e. The molecule has 0 spiro atoms. The number of nitrogens with zero attached hydrogens (tertiary/aromatic N) is 8. The van der Waals surface area contributed by atoms with Gasteiger partial charge in [-0.25, -0.2) is 4.68 Å². The molecule has 0 atom stereocenters. The summed E-state index contributed by atoms with van der Waals surface area (Å²) in [6, 6.07) is 1.77. The summed E-state index contributed by atoms with van der Waals surface area (Å²) in [7, 11) is 0. The van der Waals surface area contributed by atoms with Crippen molar-refractivity contribution in [2.24, 2.45) is 0 Å². The van der Waals surface area contributed by atoms with Crippen LogP contribution in [0.2, 0.25) is 5.28 Å². The van der Waals surface area contributed by atoms with Crippen LogP contribution in [-0.4, -0.2) is 46.3 Å². The number of hydrogen-bond acceptors (Lipinski definition) is 7. The Morgan fingerprint density at radius 3 is 2.85 bits per heavy atom. The van der Waals surface area contributed by atoms with E-state index in [2.05, 4.69) is 35.7 Å². The van der Waals surface area contributed by atoms with Gasteiger partial charge < -0.3 is 5.32 Å². The molecule has 0 amide bonds. The third kappa shape index (κ3) is 2.88. The van der Waals surface area contributed by atoms with E-state index < -0.39 is 0 Å². The van der Waals surface area contributed by atoms with E-state index in [4.69, 9.17) is 11.6 Å². The van der Waals surface area contributed by atoms with Crippen LogP contribution >= 0.6 is 11.6 Å². The summed E-state index contributed by atoms with van der Waals surface area (Å²) in [5.41, 5.74) is 0. The molecule has 20 heavy (non-hydrogen) atoms. The van der Waals surface area contributed by atoms with Crippen molar-refractivity contribution in [2.45, 2.75) is 6.54 Å². The van der Waals surface area contributed by atoms with Crippen molar-refractivity contribution in [2.75, 3.05) is 11.9 Å². The van der Waals surface area contributed by atoms with E-state index in [9.17, 15) is 0 Å². The molecule has 0 aliphatic carbocycles. The number of rotatable bonds is 5. The van der Waals surface area contributed by atoms with Crippen LogP contribution in [0.25, 0.3) is 5.95 Å². The molecule has 102 valence electrons. The molecular weight excluding hydrogens is 282 g/mol. The summed E-state index contributed by atoms with van der Waals surface area (Å²) in [6.45, 7) is 1.22. The molecule has 0 saturated heterocycles. The number of anilines is 1. The van der Waals surface area contributed by atoms with Crippen LogP contribution in [0.3, 0.4) is 0 Å². The quantitative estimate of drug-likeness (QED) is 0.727. The third-order valence-corrected chi connectivity index (χ3v) is 2.57. The van der Waals surface area contributed by atoms with Gasteiger partial charge in [-0.3, -0.25) is 4.68 Å². The number of hydrogen-bond donors (Lipinski definition) is 1. The highest BCUT2D eigenvalue weighted by Crippen LogP contribution is 2.08. The summed E-state index contributed by atoms with van der Waals surface area (Å²) in [4.78, 5) is 12.3. The van der Waals surface area contributed by atoms with E-state index in [-0.39, 0.29) is 5.28 Å². The number of aromatic nitrogens is 8. The van der Waals surface area contributed by atoms with Crippen LogP contribution in [0, 0.1) is 0 Å². The average Bonchev–Trinajstić information content (AvgIpc) is 3.11. The maximum atomic E-state index is 5.87. The molecule has 0 aliphatic heterocycles. The van der Waals surface area contributed by atoms with Gasteiger partial charge >= 0.3 is 0 Å². The van der Waals surface area contributed by atoms with Gasteiger partial charge in [0, 0.05) is 25.1 Å². The summed E-state index contributed by atoms with van der Waals surface area (Å²) in [6.07, 6.45) is 6.76. The van der Waals surface area contributed by atoms with Crippen LogP contribution in [0.1, 0.15) is 0 Å². The van der Waals surface area contributed by atoms with Crippen molar-refractivity contribution in [1.82, 2.24) is 39.7 Å². The van der Waals surface area contributed by atoms with E-state index in [1.807, 2.05) is 0 Å². The second kappa shape index (κ2) is 5.61. The zero-order chi connectivity index (χ0) is 13.8. The van der Waals surface area contributed by atoms with Crippen LogP contribution in [-0.2, 0) is 6.54 Å². The molecular formula is C10H10ClN9. The van der Waals surface area contributed by atoms with E-state index in [1.54, 1.807) is 35.5 Å². The van der Waals surface area contributed by atoms with Gasteiger partial charge in [0.05, 0.1) is 12.7 Å². The van der Waals surface area contributed by atoms with Crippen molar-refractivity contribution >= 4 is 17.5 Å². The predicted molar refractivity (Wildman–Crippen MR) is 70.5 cm³/mol. The highest BCUT2D eigenvalue weighted by molar-refractivity contribution is 6.28. The molecule has 0 bridgehead atoms. The van der Waals surface area contributed by atoms with Crippen molar-refractivity contribution < 1.29 is 0 Å². The Kier molecular flexibility index (Phi) is 3.50. The van der Waals surface area contributed by atoms with Gasteiger partial charge in [-0.15, -0.1) is 5.10 Å². The third-order valence-electron chi connectivity index (χ3n) is 2.40. The van der Waals surface area contributed by atoms with Gasteiger partial charge in [-0.1, -0.05) is 5.21 Å². The first kappa shape index (κ1) is 12.5. The molecule has 10 heteroatoms. The van der Waals surface area contributed by atoms with Crippen molar-refractivity contribution in [3.8, 4) is 5.95 Å².